The van der Waals surface area contributed by atoms with Crippen molar-refractivity contribution in [2.75, 3.05) is 64.8 Å². The first kappa shape index (κ1) is 39.3. The number of carbonyl (C=O) groups excluding carboxylic acids is 3. The summed E-state index contributed by atoms with van der Waals surface area (Å²) in [6.07, 6.45) is 3.25. The Kier molecular flexibility index (Phi) is 19.3. The van der Waals surface area contributed by atoms with Crippen molar-refractivity contribution in [2.24, 2.45) is 0 Å². The summed E-state index contributed by atoms with van der Waals surface area (Å²) in [5.41, 5.74) is 5.55. The standard InChI is InChI=1S/C23H25N5O2.C10H19O5.Y/c1-3-14-28-23-18-9-5-4-8-17(18)15-27(21(30)12-13-24-16(2)29)20-11-7-6-10-19(20)22(23)25-26-28;1-12-5-6-14-9-10-15-8-7-13-4-2-3-11;/h4-11H,3,12-15H2,1-2H3,(H,24,29);2,4-10H2,1H3;/q;-1;. The van der Waals surface area contributed by atoms with Crippen LogP contribution in [0.1, 0.15) is 38.7 Å². The van der Waals surface area contributed by atoms with E-state index in [-0.39, 0.29) is 50.9 Å². The van der Waals surface area contributed by atoms with E-state index in [1.54, 1.807) is 18.3 Å². The van der Waals surface area contributed by atoms with Gasteiger partial charge < -0.3 is 34.0 Å². The summed E-state index contributed by atoms with van der Waals surface area (Å²) in [5, 5.41) is 11.6. The van der Waals surface area contributed by atoms with Gasteiger partial charge in [0.25, 0.3) is 0 Å². The molecule has 0 unspecified atom stereocenters. The number of amides is 2. The fourth-order valence-corrected chi connectivity index (χ4v) is 4.68. The Morgan fingerprint density at radius 3 is 2.20 bits per heavy atom. The van der Waals surface area contributed by atoms with Gasteiger partial charge in [0.15, 0.2) is 0 Å². The van der Waals surface area contributed by atoms with Crippen LogP contribution in [-0.4, -0.2) is 93.0 Å². The van der Waals surface area contributed by atoms with Crippen molar-refractivity contribution in [3.63, 3.8) is 0 Å². The smallest absolute Gasteiger partial charge is 0.229 e. The van der Waals surface area contributed by atoms with E-state index in [4.69, 9.17) is 18.9 Å². The molecule has 2 aromatic carbocycles. The van der Waals surface area contributed by atoms with Crippen LogP contribution in [-0.2, 0) is 79.1 Å². The van der Waals surface area contributed by atoms with Crippen molar-refractivity contribution in [1.29, 1.82) is 0 Å². The molecule has 1 radical (unpaired) electrons. The Bertz CT molecular complexity index is 1350. The molecule has 0 saturated heterocycles. The van der Waals surface area contributed by atoms with Crippen LogP contribution in [0.2, 0.25) is 0 Å². The number of aromatic nitrogens is 3. The molecule has 0 aliphatic carbocycles. The van der Waals surface area contributed by atoms with Crippen molar-refractivity contribution in [2.45, 2.75) is 46.2 Å². The SMILES string of the molecule is CCCn1nnc2c1-c1ccccc1CN(C(=O)CCNC(C)=O)c1ccccc1-2.COCCOCCOCCOCC[C-]=O.[Y]. The number of fused-ring (bicyclic) bond motifs is 5. The van der Waals surface area contributed by atoms with E-state index in [9.17, 15) is 14.4 Å². The van der Waals surface area contributed by atoms with Crippen LogP contribution in [0.5, 0.6) is 0 Å². The molecule has 0 bridgehead atoms. The molecule has 1 aliphatic rings. The van der Waals surface area contributed by atoms with Crippen LogP contribution >= 0.6 is 0 Å². The van der Waals surface area contributed by atoms with E-state index in [0.717, 1.165) is 46.7 Å². The average Bonchev–Trinajstić information content (AvgIpc) is 3.45. The first-order valence-corrected chi connectivity index (χ1v) is 15.2. The van der Waals surface area contributed by atoms with Gasteiger partial charge in [-0.15, -0.1) is 11.5 Å². The van der Waals surface area contributed by atoms with Crippen molar-refractivity contribution < 1.29 is 66.0 Å². The Morgan fingerprint density at radius 1 is 0.913 bits per heavy atom. The molecule has 1 N–H and O–H groups in total. The quantitative estimate of drug-likeness (QED) is 0.165. The zero-order chi connectivity index (χ0) is 32.3. The molecule has 2 heterocycles. The summed E-state index contributed by atoms with van der Waals surface area (Å²) in [6.45, 7) is 8.84. The largest absolute Gasteiger partial charge is 0.542 e. The van der Waals surface area contributed by atoms with Crippen molar-refractivity contribution in [1.82, 2.24) is 20.3 Å². The van der Waals surface area contributed by atoms with Gasteiger partial charge in [0.2, 0.25) is 11.8 Å². The van der Waals surface area contributed by atoms with E-state index in [1.165, 1.54) is 6.92 Å². The normalized spacial score (nSPS) is 11.4. The minimum absolute atomic E-state index is 0. The number of hydrogen-bond donors (Lipinski definition) is 1. The number of aryl methyl sites for hydroxylation is 1. The fourth-order valence-electron chi connectivity index (χ4n) is 4.68. The van der Waals surface area contributed by atoms with Crippen LogP contribution < -0.4 is 10.2 Å². The number of benzene rings is 2. The van der Waals surface area contributed by atoms with Crippen molar-refractivity contribution >= 4 is 23.8 Å². The Morgan fingerprint density at radius 2 is 1.54 bits per heavy atom. The van der Waals surface area contributed by atoms with E-state index in [0.29, 0.717) is 65.8 Å². The summed E-state index contributed by atoms with van der Waals surface area (Å²) in [7, 11) is 1.63. The number of nitrogens with one attached hydrogen (secondary N) is 1. The molecule has 3 aromatic rings. The molecule has 2 amide bonds. The van der Waals surface area contributed by atoms with Gasteiger partial charge in [0, 0.05) is 84.0 Å². The predicted molar refractivity (Wildman–Crippen MR) is 170 cm³/mol. The fraction of sp³-hybridized carbons (Fsp3) is 0.485. The first-order valence-electron chi connectivity index (χ1n) is 15.2. The number of nitrogens with zero attached hydrogens (tertiary/aromatic N) is 4. The molecule has 0 saturated carbocycles. The second kappa shape index (κ2) is 22.6. The minimum Gasteiger partial charge on any atom is -0.542 e. The van der Waals surface area contributed by atoms with Crippen LogP contribution in [0.3, 0.4) is 0 Å². The Balaban J connectivity index is 0.000000394. The summed E-state index contributed by atoms with van der Waals surface area (Å²) in [6, 6.07) is 15.9. The van der Waals surface area contributed by atoms with Crippen molar-refractivity contribution in [3.8, 4) is 22.5 Å². The molecule has 4 rings (SSSR count). The van der Waals surface area contributed by atoms with E-state index >= 15 is 0 Å². The molecule has 12 nitrogen and oxygen atoms in total. The Labute approximate surface area is 296 Å². The third kappa shape index (κ3) is 12.4. The van der Waals surface area contributed by atoms with Gasteiger partial charge in [-0.2, -0.15) is 0 Å². The number of hydrogen-bond acceptors (Lipinski definition) is 9. The maximum Gasteiger partial charge on any atom is 0.229 e. The molecule has 247 valence electrons. The summed E-state index contributed by atoms with van der Waals surface area (Å²) in [5.74, 6) is -0.186. The maximum atomic E-state index is 13.2. The van der Waals surface area contributed by atoms with E-state index in [2.05, 4.69) is 28.6 Å². The number of carbonyl (C=O) groups is 2. The zero-order valence-corrected chi connectivity index (χ0v) is 29.9. The average molecular weight is 712 g/mol. The molecule has 1 aliphatic heterocycles. The number of rotatable bonds is 17. The maximum absolute atomic E-state index is 13.2. The van der Waals surface area contributed by atoms with Gasteiger partial charge in [-0.05, 0) is 18.1 Å². The Hall–Kier alpha value is -2.87. The third-order valence-corrected chi connectivity index (χ3v) is 6.76. The van der Waals surface area contributed by atoms with Crippen molar-refractivity contribution in [3.05, 3.63) is 54.1 Å². The molecule has 0 spiro atoms. The molecule has 0 atom stereocenters. The van der Waals surface area contributed by atoms with Crippen LogP contribution in [0.25, 0.3) is 22.5 Å². The van der Waals surface area contributed by atoms with Gasteiger partial charge in [0.05, 0.1) is 57.6 Å². The molecule has 46 heavy (non-hydrogen) atoms. The number of methoxy groups -OCH3 is 1. The molecule has 1 aromatic heterocycles. The van der Waals surface area contributed by atoms with Gasteiger partial charge >= 0.3 is 0 Å². The molecule has 0 fully saturated rings. The van der Waals surface area contributed by atoms with Gasteiger partial charge in [-0.25, -0.2) is 4.68 Å². The number of para-hydroxylation sites is 1. The number of ether oxygens (including phenoxy) is 4. The summed E-state index contributed by atoms with van der Waals surface area (Å²) < 4.78 is 22.2. The predicted octanol–water partition coefficient (Wildman–Crippen LogP) is 3.57. The monoisotopic (exact) mass is 711 g/mol. The first-order chi connectivity index (χ1) is 22.0. The molecular formula is C33H44N5O7Y-. The van der Waals surface area contributed by atoms with Gasteiger partial charge in [-0.1, -0.05) is 54.6 Å². The zero-order valence-electron chi connectivity index (χ0n) is 27.0. The van der Waals surface area contributed by atoms with Crippen LogP contribution in [0.4, 0.5) is 5.69 Å². The van der Waals surface area contributed by atoms with Crippen LogP contribution in [0, 0.1) is 0 Å². The van der Waals surface area contributed by atoms with E-state index < -0.39 is 0 Å². The topological polar surface area (TPSA) is 134 Å². The molecule has 13 heteroatoms. The summed E-state index contributed by atoms with van der Waals surface area (Å²) >= 11 is 0. The number of anilines is 1. The van der Waals surface area contributed by atoms with Crippen LogP contribution in [0.15, 0.2) is 48.5 Å². The third-order valence-electron chi connectivity index (χ3n) is 6.76. The second-order valence-electron chi connectivity index (χ2n) is 10.1. The summed E-state index contributed by atoms with van der Waals surface area (Å²) in [4.78, 5) is 36.0. The van der Waals surface area contributed by atoms with Gasteiger partial charge in [0.1, 0.15) is 5.69 Å². The van der Waals surface area contributed by atoms with E-state index in [1.807, 2.05) is 47.1 Å². The second-order valence-corrected chi connectivity index (χ2v) is 10.1. The van der Waals surface area contributed by atoms with Gasteiger partial charge in [-0.3, -0.25) is 15.9 Å². The molecular weight excluding hydrogens is 667 g/mol. The minimum atomic E-state index is -0.140.